The van der Waals surface area contributed by atoms with Gasteiger partial charge in [-0.15, -0.1) is 0 Å². The number of anilines is 1. The Bertz CT molecular complexity index is 1350. The summed E-state index contributed by atoms with van der Waals surface area (Å²) in [6.45, 7) is 4.92. The zero-order chi connectivity index (χ0) is 27.0. The van der Waals surface area contributed by atoms with E-state index in [9.17, 15) is 4.79 Å². The van der Waals surface area contributed by atoms with E-state index < -0.39 is 0 Å². The van der Waals surface area contributed by atoms with Crippen molar-refractivity contribution in [2.24, 2.45) is 0 Å². The molecule has 0 saturated carbocycles. The average molecular weight is 526 g/mol. The number of methoxy groups -OCH3 is 2. The van der Waals surface area contributed by atoms with Crippen molar-refractivity contribution in [2.75, 3.05) is 45.3 Å². The van der Waals surface area contributed by atoms with Crippen LogP contribution in [0, 0.1) is 0 Å². The van der Waals surface area contributed by atoms with E-state index in [0.717, 1.165) is 54.7 Å². The highest BCUT2D eigenvalue weighted by atomic mass is 16.5. The molecule has 2 heterocycles. The highest BCUT2D eigenvalue weighted by Gasteiger charge is 2.25. The van der Waals surface area contributed by atoms with Gasteiger partial charge in [0.1, 0.15) is 17.3 Å². The first-order valence-electron chi connectivity index (χ1n) is 13.3. The molecule has 1 saturated heterocycles. The summed E-state index contributed by atoms with van der Waals surface area (Å²) < 4.78 is 16.8. The van der Waals surface area contributed by atoms with Crippen LogP contribution in [0.4, 0.5) is 5.69 Å². The molecule has 0 atom stereocenters. The summed E-state index contributed by atoms with van der Waals surface area (Å²) >= 11 is 0. The van der Waals surface area contributed by atoms with Crippen molar-refractivity contribution in [1.82, 2.24) is 9.80 Å². The fourth-order valence-electron chi connectivity index (χ4n) is 4.95. The van der Waals surface area contributed by atoms with Crippen LogP contribution < -0.4 is 14.4 Å². The lowest BCUT2D eigenvalue weighted by Crippen LogP contribution is -2.48. The average Bonchev–Trinajstić information content (AvgIpc) is 3.46. The van der Waals surface area contributed by atoms with Gasteiger partial charge in [-0.2, -0.15) is 0 Å². The summed E-state index contributed by atoms with van der Waals surface area (Å²) in [5, 5.41) is 0. The van der Waals surface area contributed by atoms with Crippen LogP contribution in [0.25, 0.3) is 0 Å². The van der Waals surface area contributed by atoms with Crippen LogP contribution in [-0.2, 0) is 19.6 Å². The fraction of sp³-hybridized carbons (Fsp3) is 0.281. The van der Waals surface area contributed by atoms with E-state index in [1.165, 1.54) is 5.56 Å². The summed E-state index contributed by atoms with van der Waals surface area (Å²) in [6, 6.07) is 30.3. The van der Waals surface area contributed by atoms with Gasteiger partial charge in [0.2, 0.25) is 0 Å². The summed E-state index contributed by atoms with van der Waals surface area (Å²) in [5.41, 5.74) is 3.51. The molecule has 0 aliphatic carbocycles. The molecule has 7 heteroatoms. The molecule has 0 radical (unpaired) electrons. The third-order valence-corrected chi connectivity index (χ3v) is 7.05. The first kappa shape index (κ1) is 26.4. The Morgan fingerprint density at radius 2 is 1.44 bits per heavy atom. The van der Waals surface area contributed by atoms with Crippen molar-refractivity contribution >= 4 is 11.6 Å². The highest BCUT2D eigenvalue weighted by Crippen LogP contribution is 2.23. The maximum atomic E-state index is 13.2. The number of rotatable bonds is 10. The lowest BCUT2D eigenvalue weighted by atomic mass is 10.1. The van der Waals surface area contributed by atoms with Gasteiger partial charge in [0.05, 0.1) is 20.8 Å². The van der Waals surface area contributed by atoms with Gasteiger partial charge in [-0.1, -0.05) is 42.5 Å². The van der Waals surface area contributed by atoms with E-state index >= 15 is 0 Å². The maximum Gasteiger partial charge on any atom is 0.289 e. The Morgan fingerprint density at radius 3 is 2.15 bits per heavy atom. The fourth-order valence-corrected chi connectivity index (χ4v) is 4.95. The normalized spacial score (nSPS) is 13.5. The van der Waals surface area contributed by atoms with Crippen molar-refractivity contribution in [3.8, 4) is 11.5 Å². The Labute approximate surface area is 230 Å². The van der Waals surface area contributed by atoms with Crippen LogP contribution in [0.5, 0.6) is 11.5 Å². The van der Waals surface area contributed by atoms with E-state index in [2.05, 4.69) is 58.3 Å². The van der Waals surface area contributed by atoms with Crippen molar-refractivity contribution in [2.45, 2.75) is 19.6 Å². The third-order valence-electron chi connectivity index (χ3n) is 7.05. The number of hydrogen-bond donors (Lipinski definition) is 0. The molecule has 4 aromatic rings. The predicted octanol–water partition coefficient (Wildman–Crippen LogP) is 5.46. The lowest BCUT2D eigenvalue weighted by Gasteiger charge is -2.35. The van der Waals surface area contributed by atoms with Crippen LogP contribution in [0.15, 0.2) is 95.4 Å². The largest absolute Gasteiger partial charge is 0.497 e. The van der Waals surface area contributed by atoms with Crippen LogP contribution in [0.3, 0.4) is 0 Å². The molecular formula is C32H35N3O4. The van der Waals surface area contributed by atoms with Crippen molar-refractivity contribution in [3.63, 3.8) is 0 Å². The van der Waals surface area contributed by atoms with Crippen LogP contribution >= 0.6 is 0 Å². The molecule has 1 fully saturated rings. The Balaban J connectivity index is 1.22. The van der Waals surface area contributed by atoms with Gasteiger partial charge in [-0.05, 0) is 59.7 Å². The number of furan rings is 1. The monoisotopic (exact) mass is 525 g/mol. The first-order chi connectivity index (χ1) is 19.1. The molecule has 7 nitrogen and oxygen atoms in total. The second-order valence-corrected chi connectivity index (χ2v) is 9.73. The van der Waals surface area contributed by atoms with E-state index in [1.54, 1.807) is 20.3 Å². The van der Waals surface area contributed by atoms with Crippen molar-refractivity contribution < 1.29 is 18.7 Å². The predicted molar refractivity (Wildman–Crippen MR) is 152 cm³/mol. The number of piperazine rings is 1. The van der Waals surface area contributed by atoms with E-state index in [0.29, 0.717) is 25.4 Å². The molecule has 1 aromatic heterocycles. The molecule has 1 amide bonds. The molecule has 5 rings (SSSR count). The van der Waals surface area contributed by atoms with Crippen LogP contribution in [-0.4, -0.2) is 56.1 Å². The SMILES string of the molecule is COc1ccc(N2CCN(C(=O)c3ccc(CN(Cc4ccccc4)Cc4cccc(OC)c4)o3)CC2)cc1. The molecule has 202 valence electrons. The Morgan fingerprint density at radius 1 is 0.744 bits per heavy atom. The molecule has 0 unspecified atom stereocenters. The zero-order valence-electron chi connectivity index (χ0n) is 22.6. The summed E-state index contributed by atoms with van der Waals surface area (Å²) in [7, 11) is 3.35. The number of nitrogens with zero attached hydrogens (tertiary/aromatic N) is 3. The number of amides is 1. The van der Waals surface area contributed by atoms with Gasteiger partial charge in [-0.3, -0.25) is 9.69 Å². The van der Waals surface area contributed by atoms with Crippen LogP contribution in [0.1, 0.15) is 27.4 Å². The molecule has 0 spiro atoms. The molecule has 39 heavy (non-hydrogen) atoms. The van der Waals surface area contributed by atoms with E-state index in [4.69, 9.17) is 13.9 Å². The zero-order valence-corrected chi connectivity index (χ0v) is 22.6. The highest BCUT2D eigenvalue weighted by molar-refractivity contribution is 5.91. The topological polar surface area (TPSA) is 58.4 Å². The quantitative estimate of drug-likeness (QED) is 0.274. The molecular weight excluding hydrogens is 490 g/mol. The van der Waals surface area contributed by atoms with Gasteiger partial charge in [0, 0.05) is 45.0 Å². The number of carbonyl (C=O) groups excluding carboxylic acids is 1. The molecule has 1 aliphatic rings. The molecule has 3 aromatic carbocycles. The number of carbonyl (C=O) groups is 1. The molecule has 1 aliphatic heterocycles. The van der Waals surface area contributed by atoms with E-state index in [-0.39, 0.29) is 5.91 Å². The minimum absolute atomic E-state index is 0.0574. The Hall–Kier alpha value is -4.23. The summed E-state index contributed by atoms with van der Waals surface area (Å²) in [6.07, 6.45) is 0. The second kappa shape index (κ2) is 12.5. The maximum absolute atomic E-state index is 13.2. The third kappa shape index (κ3) is 6.81. The minimum atomic E-state index is -0.0574. The van der Waals surface area contributed by atoms with Gasteiger partial charge in [0.15, 0.2) is 5.76 Å². The van der Waals surface area contributed by atoms with Gasteiger partial charge in [0.25, 0.3) is 5.91 Å². The van der Waals surface area contributed by atoms with E-state index in [1.807, 2.05) is 41.3 Å². The number of benzene rings is 3. The minimum Gasteiger partial charge on any atom is -0.497 e. The molecule has 0 N–H and O–H groups in total. The molecule has 0 bridgehead atoms. The number of ether oxygens (including phenoxy) is 2. The lowest BCUT2D eigenvalue weighted by molar-refractivity contribution is 0.0710. The standard InChI is InChI=1S/C32H35N3O4/c1-37-28-13-11-27(12-14-28)34-17-19-35(20-18-34)32(36)31-16-15-30(39-31)24-33(22-25-7-4-3-5-8-25)23-26-9-6-10-29(21-26)38-2/h3-16,21H,17-20,22-24H2,1-2H3. The Kier molecular flexibility index (Phi) is 8.48. The van der Waals surface area contributed by atoms with Crippen LogP contribution in [0.2, 0.25) is 0 Å². The number of hydrogen-bond acceptors (Lipinski definition) is 6. The second-order valence-electron chi connectivity index (χ2n) is 9.73. The van der Waals surface area contributed by atoms with Gasteiger partial charge >= 0.3 is 0 Å². The summed E-state index contributed by atoms with van der Waals surface area (Å²) in [4.78, 5) is 19.7. The smallest absolute Gasteiger partial charge is 0.289 e. The van der Waals surface area contributed by atoms with Gasteiger partial charge < -0.3 is 23.7 Å². The first-order valence-corrected chi connectivity index (χ1v) is 13.3. The van der Waals surface area contributed by atoms with Gasteiger partial charge in [-0.25, -0.2) is 0 Å². The van der Waals surface area contributed by atoms with Crippen molar-refractivity contribution in [1.29, 1.82) is 0 Å². The van der Waals surface area contributed by atoms with Crippen molar-refractivity contribution in [3.05, 3.63) is 114 Å². The summed E-state index contributed by atoms with van der Waals surface area (Å²) in [5.74, 6) is 2.79.